The highest BCUT2D eigenvalue weighted by atomic mass is 16.8. The van der Waals surface area contributed by atoms with Crippen molar-refractivity contribution in [2.45, 2.75) is 366 Å². The summed E-state index contributed by atoms with van der Waals surface area (Å²) in [6.07, 6.45) is -59.6. The van der Waals surface area contributed by atoms with E-state index in [0.29, 0.717) is 51.4 Å². The topological polar surface area (TPSA) is 610 Å². The van der Waals surface area contributed by atoms with Gasteiger partial charge in [-0.1, -0.05) is 60.1 Å². The first-order chi connectivity index (χ1) is 54.0. The molecule has 5 aliphatic carbocycles. The average Bonchev–Trinajstić information content (AvgIpc) is 0.673. The van der Waals surface area contributed by atoms with E-state index in [1.807, 2.05) is 0 Å². The summed E-state index contributed by atoms with van der Waals surface area (Å²) in [6.45, 7) is 14.1. The minimum absolute atomic E-state index is 0.0175. The van der Waals surface area contributed by atoms with Gasteiger partial charge in [0, 0.05) is 0 Å². The summed E-state index contributed by atoms with van der Waals surface area (Å²) in [5.74, 6) is -0.806. The van der Waals surface area contributed by atoms with E-state index in [1.165, 1.54) is 19.4 Å². The monoisotopic (exact) mass is 1660 g/mol. The van der Waals surface area contributed by atoms with Crippen molar-refractivity contribution in [2.75, 3.05) is 39.6 Å². The maximum Gasteiger partial charge on any atom is 0.315 e. The predicted octanol–water partition coefficient (Wildman–Crippen LogP) is -7.41. The lowest BCUT2D eigenvalue weighted by molar-refractivity contribution is -0.406. The van der Waals surface area contributed by atoms with Crippen LogP contribution in [0.4, 0.5) is 0 Å². The Balaban J connectivity index is 0.689. The smallest absolute Gasteiger partial charge is 0.315 e. The molecular formula is C76H124O39. The van der Waals surface area contributed by atoms with Crippen molar-refractivity contribution < 1.29 is 193 Å². The molecule has 0 radical (unpaired) electrons. The van der Waals surface area contributed by atoms with Crippen LogP contribution in [0.15, 0.2) is 11.6 Å². The summed E-state index contributed by atoms with van der Waals surface area (Å²) in [4.78, 5) is 15.3. The molecule has 39 heteroatoms. The zero-order chi connectivity index (χ0) is 83.7. The van der Waals surface area contributed by atoms with Gasteiger partial charge in [-0.2, -0.15) is 0 Å². The maximum atomic E-state index is 15.3. The van der Waals surface area contributed by atoms with Crippen LogP contribution < -0.4 is 0 Å². The maximum absolute atomic E-state index is 15.3. The Morgan fingerprint density at radius 2 is 0.896 bits per heavy atom. The third kappa shape index (κ3) is 16.2. The molecule has 12 fully saturated rings. The number of esters is 1. The molecule has 8 saturated heterocycles. The van der Waals surface area contributed by atoms with Gasteiger partial charge in [0.2, 0.25) is 6.29 Å². The highest BCUT2D eigenvalue weighted by molar-refractivity contribution is 5.79. The lowest BCUT2D eigenvalue weighted by Crippen LogP contribution is -2.69. The third-order valence-electron chi connectivity index (χ3n) is 29.0. The van der Waals surface area contributed by atoms with Gasteiger partial charge in [0.25, 0.3) is 0 Å². The van der Waals surface area contributed by atoms with Crippen molar-refractivity contribution in [3.63, 3.8) is 0 Å². The summed E-state index contributed by atoms with van der Waals surface area (Å²) >= 11 is 0. The summed E-state index contributed by atoms with van der Waals surface area (Å²) in [5, 5.41) is 242. The molecule has 22 N–H and O–H groups in total. The number of hydrogen-bond donors (Lipinski definition) is 22. The summed E-state index contributed by atoms with van der Waals surface area (Å²) in [5.41, 5.74) is -1.80. The summed E-state index contributed by atoms with van der Waals surface area (Å²) < 4.78 is 96.2. The molecule has 0 spiro atoms. The Morgan fingerprint density at radius 1 is 0.409 bits per heavy atom. The van der Waals surface area contributed by atoms with Gasteiger partial charge < -0.3 is 188 Å². The van der Waals surface area contributed by atoms with E-state index < -0.39 is 301 Å². The Kier molecular flexibility index (Phi) is 27.3. The Morgan fingerprint density at radius 3 is 1.56 bits per heavy atom. The highest BCUT2D eigenvalue weighted by Crippen LogP contribution is 2.76. The SMILES string of the molecule is C[C@@H]1O[C@H](O[C@H]2[C@H](O)[C@H](O[C@H]3[C@H](O)[C@H](O[C@@H]4[C@H](O[C@H]5CC[C@]6(C)[C@H](CC[C@]7(C)[C@H]6CC=C6[C@@H]8CC(C)(C)CC[C@@]8(C(=O)O[C@@H]8O[C@@H](CO[C@H]9O[C@@H](CO)[C@H](O)[C@@H](O)[C@H]9O)[C@H](O)[C@@H](O)[C@H]8O)CC[C@@]67C)C5(C)C)OC[C@@H](O)[C@H]4O)O[C@H](C)[C@@H]3O)O[C@@H](CO)[C@H]2O[C@H]2O[C@@H](CO)[C@H](O[C@H]3OC[C@@H](O)[C@H](O)[C@H]3O)[C@@H](O)[C@H]2O)[C@H](O)[C@@H](O)[C@@H]1O. The molecule has 46 atom stereocenters. The number of aliphatic hydroxyl groups excluding tert-OH is 22. The van der Waals surface area contributed by atoms with Crippen molar-refractivity contribution in [3.05, 3.63) is 11.6 Å². The molecule has 13 aliphatic rings. The number of ether oxygens (including phenoxy) is 16. The lowest BCUT2D eigenvalue weighted by atomic mass is 9.33. The standard InChI is InChI=1S/C76H124O39/c1-27-40(82)46(88)52(94)64(103-27)113-60-56(98)68(107-35(23-79)58(60)111-65-54(96)49(91)57(34(22-78)106-65)110-63-50(92)42(84)31(80)24-100-63)112-59-41(83)28(2)104-67(55(59)97)114-61-43(85)32(81)25-101-69(61)109-39-13-14-73(7)37(72(39,5)6)12-15-75(9)38(73)11-10-29-30-20-71(3,4)16-18-76(30,19-17-74(29,75)8)70(99)115-66-53(95)48(90)45(87)36(108-66)26-102-62-51(93)47(89)44(86)33(21-77)105-62/h10,27-28,30-69,77-98H,11-26H2,1-9H3/t27-,28+,30-,31+,32+,33-,34-,35-,36-,37+,38-,39-,40+,41-,42-,43+,44-,45-,46-,47+,48+,49-,50+,51+,52+,53+,54+,55-,56-,57-,58+,59+,60-,61-,62-,63+,64+,65+,66-,67-,68-,69-,73+,74-,75+,76+/m0/s1. The lowest BCUT2D eigenvalue weighted by Gasteiger charge is -2.71. The minimum Gasteiger partial charge on any atom is -0.432 e. The second-order valence-electron chi connectivity index (χ2n) is 36.6. The normalized spacial score (nSPS) is 54.6. The zero-order valence-electron chi connectivity index (χ0n) is 65.9. The Bertz CT molecular complexity index is 3290. The van der Waals surface area contributed by atoms with Gasteiger partial charge in [-0.25, -0.2) is 0 Å². The quantitative estimate of drug-likeness (QED) is 0.0306. The van der Waals surface area contributed by atoms with Crippen molar-refractivity contribution in [1.29, 1.82) is 0 Å². The fourth-order valence-electron chi connectivity index (χ4n) is 21.7. The number of rotatable bonds is 20. The van der Waals surface area contributed by atoms with Crippen molar-refractivity contribution in [3.8, 4) is 0 Å². The van der Waals surface area contributed by atoms with Gasteiger partial charge in [-0.3, -0.25) is 4.79 Å². The highest BCUT2D eigenvalue weighted by Gasteiger charge is 2.71. The zero-order valence-corrected chi connectivity index (χ0v) is 65.9. The number of aliphatic hydroxyl groups is 22. The van der Waals surface area contributed by atoms with E-state index in [2.05, 4.69) is 54.5 Å². The fraction of sp³-hybridized carbons (Fsp3) is 0.961. The number of allylic oxidation sites excluding steroid dienone is 2. The van der Waals surface area contributed by atoms with Gasteiger partial charge in [0.15, 0.2) is 44.0 Å². The van der Waals surface area contributed by atoms with E-state index in [1.54, 1.807) is 0 Å². The molecule has 0 aromatic carbocycles. The van der Waals surface area contributed by atoms with E-state index >= 15 is 4.79 Å². The Labute approximate surface area is 664 Å². The summed E-state index contributed by atoms with van der Waals surface area (Å²) in [7, 11) is 0. The number of hydrogen-bond acceptors (Lipinski definition) is 39. The average molecular weight is 1660 g/mol. The van der Waals surface area contributed by atoms with Gasteiger partial charge in [-0.15, -0.1) is 0 Å². The van der Waals surface area contributed by atoms with Crippen LogP contribution in [0.1, 0.15) is 127 Å². The first-order valence-electron chi connectivity index (χ1n) is 40.4. The van der Waals surface area contributed by atoms with Crippen LogP contribution in [0.5, 0.6) is 0 Å². The van der Waals surface area contributed by atoms with Gasteiger partial charge >= 0.3 is 5.97 Å². The molecule has 0 unspecified atom stereocenters. The van der Waals surface area contributed by atoms with E-state index in [0.717, 1.165) is 12.8 Å². The van der Waals surface area contributed by atoms with E-state index in [-0.39, 0.29) is 34.0 Å². The first kappa shape index (κ1) is 90.5. The molecule has 0 aromatic rings. The number of carbonyl (C=O) groups excluding carboxylic acids is 1. The van der Waals surface area contributed by atoms with Gasteiger partial charge in [0.05, 0.1) is 63.4 Å². The van der Waals surface area contributed by atoms with Crippen molar-refractivity contribution in [1.82, 2.24) is 0 Å². The van der Waals surface area contributed by atoms with Crippen LogP contribution in [0.2, 0.25) is 0 Å². The van der Waals surface area contributed by atoms with Crippen LogP contribution in [-0.4, -0.2) is 397 Å². The van der Waals surface area contributed by atoms with Crippen LogP contribution in [0.3, 0.4) is 0 Å². The molecule has 8 aliphatic heterocycles. The molecule has 39 nitrogen and oxygen atoms in total. The molecule has 662 valence electrons. The van der Waals surface area contributed by atoms with Crippen molar-refractivity contribution >= 4 is 5.97 Å². The van der Waals surface area contributed by atoms with E-state index in [4.69, 9.17) is 75.8 Å². The molecule has 0 amide bonds. The molecule has 4 saturated carbocycles. The first-order valence-corrected chi connectivity index (χ1v) is 40.4. The number of carbonyl (C=O) groups is 1. The molecule has 13 rings (SSSR count). The van der Waals surface area contributed by atoms with Gasteiger partial charge in [-0.05, 0) is 123 Å². The number of fused-ring (bicyclic) bond motifs is 7. The van der Waals surface area contributed by atoms with Gasteiger partial charge in [0.1, 0.15) is 171 Å². The molecular weight excluding hydrogens is 1540 g/mol. The summed E-state index contributed by atoms with van der Waals surface area (Å²) in [6, 6.07) is 0. The Hall–Kier alpha value is -2.27. The predicted molar refractivity (Wildman–Crippen MR) is 379 cm³/mol. The van der Waals surface area contributed by atoms with Crippen LogP contribution in [-0.2, 0) is 80.6 Å². The largest absolute Gasteiger partial charge is 0.432 e. The molecule has 8 heterocycles. The second kappa shape index (κ2) is 34.7. The fourth-order valence-corrected chi connectivity index (χ4v) is 21.7. The van der Waals surface area contributed by atoms with Crippen molar-refractivity contribution in [2.24, 2.45) is 50.2 Å². The molecule has 0 bridgehead atoms. The van der Waals surface area contributed by atoms with Crippen LogP contribution in [0, 0.1) is 50.2 Å². The van der Waals surface area contributed by atoms with Crippen LogP contribution >= 0.6 is 0 Å². The third-order valence-corrected chi connectivity index (χ3v) is 29.0. The second-order valence-corrected chi connectivity index (χ2v) is 36.6. The minimum atomic E-state index is -2.23. The van der Waals surface area contributed by atoms with E-state index in [9.17, 15) is 112 Å². The van der Waals surface area contributed by atoms with Crippen LogP contribution in [0.25, 0.3) is 0 Å². The molecule has 115 heavy (non-hydrogen) atoms. The molecule has 0 aromatic heterocycles.